The molecule has 0 heterocycles. The van der Waals surface area contributed by atoms with Gasteiger partial charge in [-0.25, -0.2) is 13.2 Å². The fourth-order valence-electron chi connectivity index (χ4n) is 2.19. The van der Waals surface area contributed by atoms with Gasteiger partial charge in [0.1, 0.15) is 0 Å². The highest BCUT2D eigenvalue weighted by Gasteiger charge is 2.19. The summed E-state index contributed by atoms with van der Waals surface area (Å²) in [6, 6.07) is 9.27. The lowest BCUT2D eigenvalue weighted by atomic mass is 10.1. The number of ether oxygens (including phenoxy) is 1. The number of carbonyl (C=O) groups is 1. The maximum Gasteiger partial charge on any atom is 0.339 e. The van der Waals surface area contributed by atoms with Gasteiger partial charge < -0.3 is 4.74 Å². The van der Waals surface area contributed by atoms with Gasteiger partial charge in [-0.1, -0.05) is 17.7 Å². The van der Waals surface area contributed by atoms with E-state index in [1.807, 2.05) is 19.9 Å². The molecule has 0 fully saturated rings. The molecule has 0 aliphatic heterocycles. The number of methoxy groups -OCH3 is 1. The summed E-state index contributed by atoms with van der Waals surface area (Å²) in [5.41, 5.74) is 2.33. The number of sulfonamides is 1. The van der Waals surface area contributed by atoms with Crippen LogP contribution in [0.25, 0.3) is 0 Å². The molecule has 122 valence electrons. The first-order valence-electron chi connectivity index (χ1n) is 6.72. The first-order chi connectivity index (χ1) is 10.7. The summed E-state index contributed by atoms with van der Waals surface area (Å²) in [5.74, 6) is -0.696. The Balaban J connectivity index is 2.41. The number of halogens is 1. The molecule has 0 amide bonds. The predicted octanol–water partition coefficient (Wildman–Crippen LogP) is 3.54. The monoisotopic (exact) mass is 353 g/mol. The van der Waals surface area contributed by atoms with Crippen LogP contribution in [-0.4, -0.2) is 21.5 Å². The molecule has 0 radical (unpaired) electrons. The molecule has 2 rings (SSSR count). The molecule has 0 aliphatic rings. The van der Waals surface area contributed by atoms with Gasteiger partial charge in [0.25, 0.3) is 10.0 Å². The summed E-state index contributed by atoms with van der Waals surface area (Å²) < 4.78 is 32.1. The molecule has 0 bridgehead atoms. The van der Waals surface area contributed by atoms with E-state index in [1.54, 1.807) is 12.1 Å². The summed E-state index contributed by atoms with van der Waals surface area (Å²) >= 11 is 5.91. The molecule has 0 saturated carbocycles. The average molecular weight is 354 g/mol. The van der Waals surface area contributed by atoms with Gasteiger partial charge in [0.05, 0.1) is 22.6 Å². The minimum absolute atomic E-state index is 0.00235. The van der Waals surface area contributed by atoms with Crippen LogP contribution in [0.15, 0.2) is 41.3 Å². The van der Waals surface area contributed by atoms with Gasteiger partial charge in [-0.2, -0.15) is 0 Å². The SMILES string of the molecule is COC(=O)c1cc(S(=O)(=O)Nc2cc(C)cc(C)c2)ccc1Cl. The van der Waals surface area contributed by atoms with Crippen molar-refractivity contribution in [2.75, 3.05) is 11.8 Å². The number of esters is 1. The van der Waals surface area contributed by atoms with Gasteiger partial charge >= 0.3 is 5.97 Å². The van der Waals surface area contributed by atoms with E-state index in [0.717, 1.165) is 11.1 Å². The highest BCUT2D eigenvalue weighted by Crippen LogP contribution is 2.24. The smallest absolute Gasteiger partial charge is 0.339 e. The summed E-state index contributed by atoms with van der Waals surface area (Å²) in [6.07, 6.45) is 0. The summed E-state index contributed by atoms with van der Waals surface area (Å²) in [4.78, 5) is 11.6. The molecular weight excluding hydrogens is 338 g/mol. The Morgan fingerprint density at radius 3 is 2.26 bits per heavy atom. The maximum absolute atomic E-state index is 12.5. The van der Waals surface area contributed by atoms with Gasteiger partial charge in [-0.05, 0) is 55.3 Å². The number of carbonyl (C=O) groups excluding carboxylic acids is 1. The zero-order valence-electron chi connectivity index (χ0n) is 12.9. The Morgan fingerprint density at radius 1 is 1.09 bits per heavy atom. The van der Waals surface area contributed by atoms with Crippen LogP contribution in [-0.2, 0) is 14.8 Å². The van der Waals surface area contributed by atoms with Crippen LogP contribution < -0.4 is 4.72 Å². The molecule has 0 aromatic heterocycles. The Bertz CT molecular complexity index is 842. The second-order valence-electron chi connectivity index (χ2n) is 5.12. The number of hydrogen-bond donors (Lipinski definition) is 1. The normalized spacial score (nSPS) is 11.1. The first-order valence-corrected chi connectivity index (χ1v) is 8.58. The number of rotatable bonds is 4. The predicted molar refractivity (Wildman–Crippen MR) is 89.5 cm³/mol. The van der Waals surface area contributed by atoms with Crippen LogP contribution in [0.1, 0.15) is 21.5 Å². The average Bonchev–Trinajstić information content (AvgIpc) is 2.45. The molecule has 5 nitrogen and oxygen atoms in total. The minimum atomic E-state index is -3.84. The summed E-state index contributed by atoms with van der Waals surface area (Å²) in [7, 11) is -2.64. The number of benzene rings is 2. The van der Waals surface area contributed by atoms with E-state index < -0.39 is 16.0 Å². The minimum Gasteiger partial charge on any atom is -0.465 e. The van der Waals surface area contributed by atoms with Crippen LogP contribution in [0.4, 0.5) is 5.69 Å². The van der Waals surface area contributed by atoms with Crippen molar-refractivity contribution < 1.29 is 17.9 Å². The van der Waals surface area contributed by atoms with E-state index in [4.69, 9.17) is 11.6 Å². The lowest BCUT2D eigenvalue weighted by Crippen LogP contribution is -2.14. The number of aryl methyl sites for hydroxylation is 2. The van der Waals surface area contributed by atoms with E-state index in [9.17, 15) is 13.2 Å². The Morgan fingerprint density at radius 2 is 1.70 bits per heavy atom. The van der Waals surface area contributed by atoms with E-state index in [2.05, 4.69) is 9.46 Å². The molecule has 23 heavy (non-hydrogen) atoms. The highest BCUT2D eigenvalue weighted by molar-refractivity contribution is 7.92. The zero-order valence-corrected chi connectivity index (χ0v) is 14.5. The Kier molecular flexibility index (Phi) is 4.97. The van der Waals surface area contributed by atoms with Gasteiger partial charge in [-0.3, -0.25) is 4.72 Å². The Labute approximate surface area is 140 Å². The third kappa shape index (κ3) is 4.03. The van der Waals surface area contributed by atoms with Crippen LogP contribution >= 0.6 is 11.6 Å². The van der Waals surface area contributed by atoms with Crippen molar-refractivity contribution in [2.24, 2.45) is 0 Å². The van der Waals surface area contributed by atoms with Crippen molar-refractivity contribution in [1.82, 2.24) is 0 Å². The lowest BCUT2D eigenvalue weighted by molar-refractivity contribution is 0.0600. The van der Waals surface area contributed by atoms with Crippen molar-refractivity contribution in [3.8, 4) is 0 Å². The molecule has 0 unspecified atom stereocenters. The fourth-order valence-corrected chi connectivity index (χ4v) is 3.45. The van der Waals surface area contributed by atoms with Crippen LogP contribution in [0.5, 0.6) is 0 Å². The molecule has 2 aromatic carbocycles. The van der Waals surface area contributed by atoms with Crippen molar-refractivity contribution in [3.05, 3.63) is 58.1 Å². The Hall–Kier alpha value is -2.05. The highest BCUT2D eigenvalue weighted by atomic mass is 35.5. The number of hydrogen-bond acceptors (Lipinski definition) is 4. The van der Waals surface area contributed by atoms with Gasteiger partial charge in [0.2, 0.25) is 0 Å². The van der Waals surface area contributed by atoms with E-state index >= 15 is 0 Å². The quantitative estimate of drug-likeness (QED) is 0.853. The van der Waals surface area contributed by atoms with Crippen molar-refractivity contribution >= 4 is 33.3 Å². The number of nitrogens with one attached hydrogen (secondary N) is 1. The van der Waals surface area contributed by atoms with Crippen molar-refractivity contribution in [2.45, 2.75) is 18.7 Å². The summed E-state index contributed by atoms with van der Waals surface area (Å²) in [5, 5.41) is 0.127. The van der Waals surface area contributed by atoms with Gasteiger partial charge in [0.15, 0.2) is 0 Å². The zero-order chi connectivity index (χ0) is 17.2. The third-order valence-electron chi connectivity index (χ3n) is 3.13. The van der Waals surface area contributed by atoms with Gasteiger partial charge in [-0.15, -0.1) is 0 Å². The molecule has 0 atom stereocenters. The van der Waals surface area contributed by atoms with Crippen molar-refractivity contribution in [1.29, 1.82) is 0 Å². The molecule has 1 N–H and O–H groups in total. The van der Waals surface area contributed by atoms with Crippen LogP contribution in [0.3, 0.4) is 0 Å². The molecule has 0 spiro atoms. The first kappa shape index (κ1) is 17.3. The lowest BCUT2D eigenvalue weighted by Gasteiger charge is -2.11. The summed E-state index contributed by atoms with van der Waals surface area (Å²) in [6.45, 7) is 3.75. The molecule has 0 saturated heterocycles. The second kappa shape index (κ2) is 6.60. The molecule has 2 aromatic rings. The maximum atomic E-state index is 12.5. The van der Waals surface area contributed by atoms with E-state index in [0.29, 0.717) is 5.69 Å². The van der Waals surface area contributed by atoms with E-state index in [1.165, 1.54) is 25.3 Å². The van der Waals surface area contributed by atoms with E-state index in [-0.39, 0.29) is 15.5 Å². The fraction of sp³-hybridized carbons (Fsp3) is 0.188. The third-order valence-corrected chi connectivity index (χ3v) is 4.84. The van der Waals surface area contributed by atoms with Crippen LogP contribution in [0, 0.1) is 13.8 Å². The van der Waals surface area contributed by atoms with Crippen molar-refractivity contribution in [3.63, 3.8) is 0 Å². The molecular formula is C16H16ClNO4S. The number of anilines is 1. The largest absolute Gasteiger partial charge is 0.465 e. The van der Waals surface area contributed by atoms with Gasteiger partial charge in [0, 0.05) is 5.69 Å². The van der Waals surface area contributed by atoms with Crippen LogP contribution in [0.2, 0.25) is 5.02 Å². The molecule has 7 heteroatoms. The topological polar surface area (TPSA) is 72.5 Å². The standard InChI is InChI=1S/C16H16ClNO4S/c1-10-6-11(2)8-12(7-10)18-23(20,21)13-4-5-15(17)14(9-13)16(19)22-3/h4-9,18H,1-3H3. The second-order valence-corrected chi connectivity index (χ2v) is 7.20. The molecule has 0 aliphatic carbocycles.